The van der Waals surface area contributed by atoms with E-state index in [0.717, 1.165) is 19.1 Å². The quantitative estimate of drug-likeness (QED) is 0.223. The van der Waals surface area contributed by atoms with Crippen LogP contribution in [0.15, 0.2) is 11.8 Å². The zero-order valence-corrected chi connectivity index (χ0v) is 12.4. The van der Waals surface area contributed by atoms with Gasteiger partial charge in [-0.2, -0.15) is 0 Å². The van der Waals surface area contributed by atoms with E-state index < -0.39 is 17.5 Å². The molecule has 0 aliphatic rings. The van der Waals surface area contributed by atoms with Gasteiger partial charge in [-0.3, -0.25) is 0 Å². The number of hydrogen-bond donors (Lipinski definition) is 0. The third kappa shape index (κ3) is 5.77. The van der Waals surface area contributed by atoms with Crippen molar-refractivity contribution >= 4 is 11.9 Å². The maximum Gasteiger partial charge on any atom is 0.348 e. The topological polar surface area (TPSA) is 61.8 Å². The molecular formula is C14H24O5. The Labute approximate surface area is 114 Å². The van der Waals surface area contributed by atoms with Crippen molar-refractivity contribution in [3.05, 3.63) is 11.8 Å². The third-order valence-corrected chi connectivity index (χ3v) is 2.95. The van der Waals surface area contributed by atoms with Crippen molar-refractivity contribution in [1.29, 1.82) is 0 Å². The van der Waals surface area contributed by atoms with Gasteiger partial charge in [-0.15, -0.1) is 0 Å². The normalized spacial score (nSPS) is 10.6. The molecule has 0 saturated carbocycles. The summed E-state index contributed by atoms with van der Waals surface area (Å²) < 4.78 is 15.2. The molecule has 0 heterocycles. The summed E-state index contributed by atoms with van der Waals surface area (Å²) in [5.74, 6) is -1.45. The Balaban J connectivity index is 5.02. The van der Waals surface area contributed by atoms with Crippen LogP contribution in [0.2, 0.25) is 0 Å². The molecule has 19 heavy (non-hydrogen) atoms. The molecule has 0 unspecified atom stereocenters. The van der Waals surface area contributed by atoms with Gasteiger partial charge >= 0.3 is 11.9 Å². The molecule has 5 heteroatoms. The molecule has 0 radical (unpaired) electrons. The van der Waals surface area contributed by atoms with E-state index in [1.165, 1.54) is 0 Å². The van der Waals surface area contributed by atoms with Gasteiger partial charge in [-0.1, -0.05) is 13.8 Å². The predicted molar refractivity (Wildman–Crippen MR) is 71.4 cm³/mol. The average molecular weight is 272 g/mol. The molecule has 0 bridgehead atoms. The fraction of sp³-hybridized carbons (Fsp3) is 0.714. The minimum atomic E-state index is -0.726. The van der Waals surface area contributed by atoms with E-state index in [9.17, 15) is 9.59 Å². The van der Waals surface area contributed by atoms with Gasteiger partial charge in [0, 0.05) is 0 Å². The molecule has 0 aliphatic heterocycles. The molecule has 0 aliphatic carbocycles. The van der Waals surface area contributed by atoms with E-state index >= 15 is 0 Å². The predicted octanol–water partition coefficient (Wildman–Crippen LogP) is 2.59. The van der Waals surface area contributed by atoms with Crippen LogP contribution in [0.25, 0.3) is 0 Å². The lowest BCUT2D eigenvalue weighted by Gasteiger charge is -2.26. The highest BCUT2D eigenvalue weighted by Crippen LogP contribution is 2.20. The van der Waals surface area contributed by atoms with Gasteiger partial charge in [0.15, 0.2) is 5.57 Å². The molecule has 0 amide bonds. The summed E-state index contributed by atoms with van der Waals surface area (Å²) in [6, 6.07) is 0. The Bertz CT molecular complexity index is 309. The van der Waals surface area contributed by atoms with E-state index in [0.29, 0.717) is 0 Å². The summed E-state index contributed by atoms with van der Waals surface area (Å²) >= 11 is 0. The lowest BCUT2D eigenvalue weighted by Crippen LogP contribution is -2.26. The Kier molecular flexibility index (Phi) is 7.87. The van der Waals surface area contributed by atoms with Gasteiger partial charge in [0.1, 0.15) is 11.9 Å². The maximum absolute atomic E-state index is 11.7. The first-order valence-corrected chi connectivity index (χ1v) is 6.66. The van der Waals surface area contributed by atoms with Crippen LogP contribution in [-0.4, -0.2) is 30.8 Å². The van der Waals surface area contributed by atoms with E-state index in [2.05, 4.69) is 0 Å². The third-order valence-electron chi connectivity index (χ3n) is 2.95. The van der Waals surface area contributed by atoms with Crippen molar-refractivity contribution in [2.45, 2.75) is 53.1 Å². The number of ether oxygens (including phenoxy) is 3. The second kappa shape index (κ2) is 8.56. The second-order valence-corrected chi connectivity index (χ2v) is 4.25. The minimum absolute atomic E-state index is 0.189. The van der Waals surface area contributed by atoms with Crippen LogP contribution in [0.4, 0.5) is 0 Å². The molecule has 110 valence electrons. The van der Waals surface area contributed by atoms with Crippen LogP contribution in [0.3, 0.4) is 0 Å². The molecule has 0 atom stereocenters. The first-order valence-electron chi connectivity index (χ1n) is 6.66. The number of carbonyl (C=O) groups is 2. The van der Waals surface area contributed by atoms with Gasteiger partial charge in [0.25, 0.3) is 0 Å². The van der Waals surface area contributed by atoms with Crippen LogP contribution in [-0.2, 0) is 23.8 Å². The Hall–Kier alpha value is -1.52. The van der Waals surface area contributed by atoms with Crippen LogP contribution in [0.1, 0.15) is 47.5 Å². The summed E-state index contributed by atoms with van der Waals surface area (Å²) in [4.78, 5) is 23.4. The van der Waals surface area contributed by atoms with Crippen molar-refractivity contribution in [3.8, 4) is 0 Å². The smallest absolute Gasteiger partial charge is 0.348 e. The number of esters is 2. The Morgan fingerprint density at radius 3 is 1.68 bits per heavy atom. The number of hydrogen-bond acceptors (Lipinski definition) is 5. The SMILES string of the molecule is CCOC(=O)C(=COC(C)(CC)CC)C(=O)OCC. The lowest BCUT2D eigenvalue weighted by molar-refractivity contribution is -0.147. The van der Waals surface area contributed by atoms with E-state index in [1.54, 1.807) is 13.8 Å². The summed E-state index contributed by atoms with van der Waals surface area (Å²) in [6.45, 7) is 9.59. The van der Waals surface area contributed by atoms with Gasteiger partial charge in [-0.25, -0.2) is 9.59 Å². The fourth-order valence-electron chi connectivity index (χ4n) is 1.22. The van der Waals surface area contributed by atoms with Gasteiger partial charge < -0.3 is 14.2 Å². The zero-order valence-electron chi connectivity index (χ0n) is 12.4. The second-order valence-electron chi connectivity index (χ2n) is 4.25. The van der Waals surface area contributed by atoms with Crippen molar-refractivity contribution < 1.29 is 23.8 Å². The highest BCUT2D eigenvalue weighted by Gasteiger charge is 2.25. The molecule has 0 aromatic heterocycles. The van der Waals surface area contributed by atoms with Crippen LogP contribution in [0.5, 0.6) is 0 Å². The van der Waals surface area contributed by atoms with E-state index in [-0.39, 0.29) is 18.8 Å². The summed E-state index contributed by atoms with van der Waals surface area (Å²) in [5, 5.41) is 0. The minimum Gasteiger partial charge on any atom is -0.494 e. The van der Waals surface area contributed by atoms with Crippen LogP contribution in [0, 0.1) is 0 Å². The number of carbonyl (C=O) groups excluding carboxylic acids is 2. The number of rotatable bonds is 8. The molecule has 0 saturated heterocycles. The first-order chi connectivity index (χ1) is 8.94. The fourth-order valence-corrected chi connectivity index (χ4v) is 1.22. The average Bonchev–Trinajstić information content (AvgIpc) is 2.39. The van der Waals surface area contributed by atoms with Crippen molar-refractivity contribution in [2.24, 2.45) is 0 Å². The molecular weight excluding hydrogens is 248 g/mol. The van der Waals surface area contributed by atoms with Gasteiger partial charge in [0.05, 0.1) is 13.2 Å². The standard InChI is InChI=1S/C14H24O5/c1-6-14(5,7-2)19-10-11(12(15)17-8-3)13(16)18-9-4/h10H,6-9H2,1-5H3. The van der Waals surface area contributed by atoms with Crippen molar-refractivity contribution in [2.75, 3.05) is 13.2 Å². The van der Waals surface area contributed by atoms with Gasteiger partial charge in [-0.05, 0) is 33.6 Å². The molecule has 5 nitrogen and oxygen atoms in total. The van der Waals surface area contributed by atoms with Crippen LogP contribution < -0.4 is 0 Å². The molecule has 0 aromatic carbocycles. The Morgan fingerprint density at radius 2 is 1.37 bits per heavy atom. The first kappa shape index (κ1) is 17.5. The van der Waals surface area contributed by atoms with Crippen LogP contribution >= 0.6 is 0 Å². The monoisotopic (exact) mass is 272 g/mol. The molecule has 0 spiro atoms. The van der Waals surface area contributed by atoms with E-state index in [1.807, 2.05) is 20.8 Å². The molecule has 0 aromatic rings. The molecule has 0 fully saturated rings. The van der Waals surface area contributed by atoms with Gasteiger partial charge in [0.2, 0.25) is 0 Å². The summed E-state index contributed by atoms with van der Waals surface area (Å²) in [5.41, 5.74) is -0.624. The van der Waals surface area contributed by atoms with E-state index in [4.69, 9.17) is 14.2 Å². The summed E-state index contributed by atoms with van der Waals surface area (Å²) in [7, 11) is 0. The summed E-state index contributed by atoms with van der Waals surface area (Å²) in [6.07, 6.45) is 2.68. The highest BCUT2D eigenvalue weighted by atomic mass is 16.6. The molecule has 0 rings (SSSR count). The zero-order chi connectivity index (χ0) is 14.9. The Morgan fingerprint density at radius 1 is 0.947 bits per heavy atom. The lowest BCUT2D eigenvalue weighted by atomic mass is 10.0. The molecule has 0 N–H and O–H groups in total. The highest BCUT2D eigenvalue weighted by molar-refractivity contribution is 6.13. The van der Waals surface area contributed by atoms with Crippen molar-refractivity contribution in [1.82, 2.24) is 0 Å². The van der Waals surface area contributed by atoms with Crippen molar-refractivity contribution in [3.63, 3.8) is 0 Å². The maximum atomic E-state index is 11.7. The largest absolute Gasteiger partial charge is 0.494 e.